The third-order valence-electron chi connectivity index (χ3n) is 1.99. The van der Waals surface area contributed by atoms with Gasteiger partial charge < -0.3 is 15.5 Å². The maximum Gasteiger partial charge on any atom is 0.326 e. The first-order chi connectivity index (χ1) is 8.41. The first kappa shape index (κ1) is 13.9. The quantitative estimate of drug-likeness (QED) is 0.714. The monoisotopic (exact) mass is 272 g/mol. The number of carboxylic acids is 2. The van der Waals surface area contributed by atoms with Gasteiger partial charge in [-0.05, 0) is 6.07 Å². The minimum absolute atomic E-state index is 0.0178. The van der Waals surface area contributed by atoms with Gasteiger partial charge in [-0.3, -0.25) is 14.6 Å². The van der Waals surface area contributed by atoms with E-state index in [1.54, 1.807) is 0 Å². The third-order valence-corrected chi connectivity index (χ3v) is 2.32. The molecule has 0 radical (unpaired) electrons. The molecular weight excluding hydrogens is 264 g/mol. The van der Waals surface area contributed by atoms with E-state index in [1.165, 1.54) is 12.3 Å². The highest BCUT2D eigenvalue weighted by molar-refractivity contribution is 6.33. The lowest BCUT2D eigenvalue weighted by molar-refractivity contribution is -0.145. The van der Waals surface area contributed by atoms with E-state index in [4.69, 9.17) is 21.8 Å². The highest BCUT2D eigenvalue weighted by atomic mass is 35.5. The van der Waals surface area contributed by atoms with Crippen LogP contribution in [0.2, 0.25) is 5.02 Å². The van der Waals surface area contributed by atoms with Crippen molar-refractivity contribution in [3.63, 3.8) is 0 Å². The average Bonchev–Trinajstić information content (AvgIpc) is 2.27. The lowest BCUT2D eigenvalue weighted by atomic mass is 10.2. The number of aromatic nitrogens is 1. The fourth-order valence-electron chi connectivity index (χ4n) is 1.16. The van der Waals surface area contributed by atoms with E-state index in [9.17, 15) is 14.4 Å². The maximum absolute atomic E-state index is 11.7. The van der Waals surface area contributed by atoms with Crippen molar-refractivity contribution in [2.24, 2.45) is 0 Å². The van der Waals surface area contributed by atoms with Crippen LogP contribution in [-0.4, -0.2) is 39.1 Å². The molecule has 7 nitrogen and oxygen atoms in total. The van der Waals surface area contributed by atoms with Crippen molar-refractivity contribution in [2.75, 3.05) is 0 Å². The number of amides is 1. The number of hydrogen-bond donors (Lipinski definition) is 3. The van der Waals surface area contributed by atoms with Gasteiger partial charge in [0.1, 0.15) is 6.04 Å². The number of rotatable bonds is 5. The molecule has 0 aliphatic heterocycles. The number of nitrogens with one attached hydrogen (secondary N) is 1. The van der Waals surface area contributed by atoms with E-state index in [0.29, 0.717) is 0 Å². The fourth-order valence-corrected chi connectivity index (χ4v) is 1.35. The summed E-state index contributed by atoms with van der Waals surface area (Å²) in [4.78, 5) is 36.5. The van der Waals surface area contributed by atoms with E-state index < -0.39 is 30.3 Å². The Morgan fingerprint density at radius 3 is 2.56 bits per heavy atom. The number of nitrogens with zero attached hydrogens (tertiary/aromatic N) is 1. The number of halogens is 1. The Morgan fingerprint density at radius 1 is 1.39 bits per heavy atom. The molecule has 8 heteroatoms. The molecule has 0 unspecified atom stereocenters. The molecule has 1 aromatic rings. The van der Waals surface area contributed by atoms with Gasteiger partial charge in [0.2, 0.25) is 0 Å². The normalized spacial score (nSPS) is 11.6. The molecule has 18 heavy (non-hydrogen) atoms. The van der Waals surface area contributed by atoms with Gasteiger partial charge in [-0.1, -0.05) is 11.6 Å². The van der Waals surface area contributed by atoms with Crippen molar-refractivity contribution in [3.8, 4) is 0 Å². The molecule has 0 aliphatic carbocycles. The van der Waals surface area contributed by atoms with Gasteiger partial charge in [0, 0.05) is 12.4 Å². The lowest BCUT2D eigenvalue weighted by Gasteiger charge is -2.12. The van der Waals surface area contributed by atoms with Crippen LogP contribution in [0, 0.1) is 0 Å². The van der Waals surface area contributed by atoms with Gasteiger partial charge in [0.15, 0.2) is 0 Å². The first-order valence-electron chi connectivity index (χ1n) is 4.76. The van der Waals surface area contributed by atoms with E-state index in [-0.39, 0.29) is 10.6 Å². The highest BCUT2D eigenvalue weighted by Gasteiger charge is 2.24. The third kappa shape index (κ3) is 3.70. The SMILES string of the molecule is O=C(O)C[C@@H](NC(=O)c1cnccc1Cl)C(=O)O. The second kappa shape index (κ2) is 5.97. The zero-order valence-electron chi connectivity index (χ0n) is 8.96. The summed E-state index contributed by atoms with van der Waals surface area (Å²) in [6.45, 7) is 0. The summed E-state index contributed by atoms with van der Waals surface area (Å²) in [5.41, 5.74) is -0.0178. The summed E-state index contributed by atoms with van der Waals surface area (Å²) in [6, 6.07) is -0.157. The molecule has 1 amide bonds. The smallest absolute Gasteiger partial charge is 0.326 e. The number of carboxylic acid groups (broad SMARTS) is 2. The second-order valence-corrected chi connectivity index (χ2v) is 3.72. The van der Waals surface area contributed by atoms with E-state index in [2.05, 4.69) is 10.3 Å². The van der Waals surface area contributed by atoms with Gasteiger partial charge >= 0.3 is 11.9 Å². The standard InChI is InChI=1S/C10H9ClN2O5/c11-6-1-2-12-4-5(6)9(16)13-7(10(17)18)3-8(14)15/h1-2,4,7H,3H2,(H,13,16)(H,14,15)(H,17,18)/t7-/m1/s1. The minimum Gasteiger partial charge on any atom is -0.481 e. The molecule has 0 saturated carbocycles. The van der Waals surface area contributed by atoms with Crippen LogP contribution in [0.25, 0.3) is 0 Å². The molecule has 96 valence electrons. The number of aliphatic carboxylic acids is 2. The molecule has 0 bridgehead atoms. The maximum atomic E-state index is 11.7. The molecule has 1 heterocycles. The number of carbonyl (C=O) groups excluding carboxylic acids is 1. The molecule has 1 atom stereocenters. The molecule has 0 spiro atoms. The van der Waals surface area contributed by atoms with Gasteiger partial charge in [0.25, 0.3) is 5.91 Å². The van der Waals surface area contributed by atoms with Crippen molar-refractivity contribution < 1.29 is 24.6 Å². The predicted molar refractivity (Wildman–Crippen MR) is 60.4 cm³/mol. The summed E-state index contributed by atoms with van der Waals surface area (Å²) in [7, 11) is 0. The van der Waals surface area contributed by atoms with Crippen molar-refractivity contribution in [3.05, 3.63) is 29.0 Å². The Bertz CT molecular complexity index is 491. The largest absolute Gasteiger partial charge is 0.481 e. The van der Waals surface area contributed by atoms with Crippen LogP contribution >= 0.6 is 11.6 Å². The topological polar surface area (TPSA) is 117 Å². The van der Waals surface area contributed by atoms with Crippen LogP contribution in [0.3, 0.4) is 0 Å². The Morgan fingerprint density at radius 2 is 2.06 bits per heavy atom. The molecule has 1 rings (SSSR count). The second-order valence-electron chi connectivity index (χ2n) is 3.32. The van der Waals surface area contributed by atoms with E-state index in [0.717, 1.165) is 6.20 Å². The van der Waals surface area contributed by atoms with Crippen LogP contribution in [0.1, 0.15) is 16.8 Å². The molecule has 0 aromatic carbocycles. The van der Waals surface area contributed by atoms with Crippen molar-refractivity contribution in [1.82, 2.24) is 10.3 Å². The molecule has 0 aliphatic rings. The minimum atomic E-state index is -1.52. The van der Waals surface area contributed by atoms with Crippen LogP contribution in [0.5, 0.6) is 0 Å². The molecule has 3 N–H and O–H groups in total. The Kier molecular flexibility index (Phi) is 4.61. The van der Waals surface area contributed by atoms with Gasteiger partial charge in [-0.15, -0.1) is 0 Å². The van der Waals surface area contributed by atoms with Gasteiger partial charge in [0.05, 0.1) is 17.0 Å². The summed E-state index contributed by atoms with van der Waals surface area (Å²) < 4.78 is 0. The molecule has 0 fully saturated rings. The summed E-state index contributed by atoms with van der Waals surface area (Å²) in [5.74, 6) is -3.56. The van der Waals surface area contributed by atoms with Crippen LogP contribution in [-0.2, 0) is 9.59 Å². The summed E-state index contributed by atoms with van der Waals surface area (Å²) in [6.07, 6.45) is 1.81. The van der Waals surface area contributed by atoms with Crippen molar-refractivity contribution in [2.45, 2.75) is 12.5 Å². The zero-order chi connectivity index (χ0) is 13.7. The summed E-state index contributed by atoms with van der Waals surface area (Å²) in [5, 5.41) is 19.4. The molecule has 0 saturated heterocycles. The van der Waals surface area contributed by atoms with Gasteiger partial charge in [-0.25, -0.2) is 4.79 Å². The number of pyridine rings is 1. The van der Waals surface area contributed by atoms with E-state index in [1.807, 2.05) is 0 Å². The number of carbonyl (C=O) groups is 3. The highest BCUT2D eigenvalue weighted by Crippen LogP contribution is 2.13. The lowest BCUT2D eigenvalue weighted by Crippen LogP contribution is -2.42. The first-order valence-corrected chi connectivity index (χ1v) is 5.14. The van der Waals surface area contributed by atoms with E-state index >= 15 is 0 Å². The Balaban J connectivity index is 2.82. The van der Waals surface area contributed by atoms with Crippen molar-refractivity contribution in [1.29, 1.82) is 0 Å². The fraction of sp³-hybridized carbons (Fsp3) is 0.200. The van der Waals surface area contributed by atoms with Crippen molar-refractivity contribution >= 4 is 29.4 Å². The average molecular weight is 273 g/mol. The van der Waals surface area contributed by atoms with Crippen LogP contribution in [0.4, 0.5) is 0 Å². The Labute approximate surface area is 106 Å². The summed E-state index contributed by atoms with van der Waals surface area (Å²) >= 11 is 5.72. The Hall–Kier alpha value is -2.15. The molecule has 1 aromatic heterocycles. The zero-order valence-corrected chi connectivity index (χ0v) is 9.72. The van der Waals surface area contributed by atoms with Crippen LogP contribution < -0.4 is 5.32 Å². The predicted octanol–water partition coefficient (Wildman–Crippen LogP) is 0.393. The molecular formula is C10H9ClN2O5. The van der Waals surface area contributed by atoms with Gasteiger partial charge in [-0.2, -0.15) is 0 Å². The van der Waals surface area contributed by atoms with Crippen LogP contribution in [0.15, 0.2) is 18.5 Å². The number of hydrogen-bond acceptors (Lipinski definition) is 4.